The lowest BCUT2D eigenvalue weighted by Gasteiger charge is -2.14. The Hall–Kier alpha value is -3.31. The summed E-state index contributed by atoms with van der Waals surface area (Å²) in [5, 5.41) is 0.675. The van der Waals surface area contributed by atoms with Crippen molar-refractivity contribution in [3.63, 3.8) is 0 Å². The summed E-state index contributed by atoms with van der Waals surface area (Å²) in [6.45, 7) is 2.31. The maximum atomic E-state index is 14.9. The molecule has 11 heteroatoms. The molecule has 0 bridgehead atoms. The quantitative estimate of drug-likeness (QED) is 0.0837. The van der Waals surface area contributed by atoms with Crippen molar-refractivity contribution >= 4 is 63.0 Å². The highest BCUT2D eigenvalue weighted by Gasteiger charge is 2.22. The molecular weight excluding hydrogens is 565 g/mol. The lowest BCUT2D eigenvalue weighted by Crippen LogP contribution is -2.23. The number of hydrogen-bond acceptors (Lipinski definition) is 7. The van der Waals surface area contributed by atoms with Crippen LogP contribution in [0.1, 0.15) is 17.3 Å². The molecule has 2 heterocycles. The molecule has 6 nitrogen and oxygen atoms in total. The fraction of sp³-hybridized carbons (Fsp3) is 0.111. The molecule has 0 fully saturated rings. The van der Waals surface area contributed by atoms with Crippen LogP contribution in [0.2, 0.25) is 5.02 Å². The fourth-order valence-electron chi connectivity index (χ4n) is 3.86. The molecular formula is C27H19ClFN3O3S3. The molecule has 0 amide bonds. The maximum absolute atomic E-state index is 14.9. The average molecular weight is 584 g/mol. The van der Waals surface area contributed by atoms with Crippen LogP contribution >= 0.6 is 46.9 Å². The summed E-state index contributed by atoms with van der Waals surface area (Å²) < 4.78 is 24.2. The van der Waals surface area contributed by atoms with E-state index in [4.69, 9.17) is 33.5 Å². The number of rotatable bonds is 8. The van der Waals surface area contributed by atoms with Crippen molar-refractivity contribution in [2.75, 3.05) is 12.4 Å². The Morgan fingerprint density at radius 3 is 2.45 bits per heavy atom. The number of aromatic nitrogens is 3. The standard InChI is InChI=1S/C27H19ClFN3O3S3/c1-2-35-22-10-6-5-9-20(22)31-24-23(38-27(31)36)25(34)32(19-8-4-3-7-18(19)29)26(30-24)37-15-21(33)16-11-13-17(28)14-12-16/h3-14H,2,15H2,1H3. The first-order chi connectivity index (χ1) is 18.4. The highest BCUT2D eigenvalue weighted by molar-refractivity contribution is 7.99. The zero-order chi connectivity index (χ0) is 26.8. The molecule has 0 aliphatic heterocycles. The number of ketones is 1. The van der Waals surface area contributed by atoms with Gasteiger partial charge in [0, 0.05) is 10.6 Å². The number of Topliss-reactive ketones (excluding diaryl/α,β-unsaturated/α-hetero) is 1. The minimum Gasteiger partial charge on any atom is -0.492 e. The molecule has 0 saturated carbocycles. The van der Waals surface area contributed by atoms with E-state index in [0.717, 1.165) is 23.1 Å². The van der Waals surface area contributed by atoms with Crippen LogP contribution in [0.15, 0.2) is 82.7 Å². The molecule has 0 radical (unpaired) electrons. The van der Waals surface area contributed by atoms with E-state index in [1.807, 2.05) is 31.2 Å². The van der Waals surface area contributed by atoms with Crippen LogP contribution in [0.5, 0.6) is 5.75 Å². The monoisotopic (exact) mass is 583 g/mol. The molecule has 2 aromatic heterocycles. The van der Waals surface area contributed by atoms with E-state index < -0.39 is 11.4 Å². The number of carbonyl (C=O) groups is 1. The Morgan fingerprint density at radius 1 is 1.05 bits per heavy atom. The second-order valence-corrected chi connectivity index (χ2v) is 11.0. The van der Waals surface area contributed by atoms with Crippen LogP contribution < -0.4 is 10.3 Å². The molecule has 5 rings (SSSR count). The van der Waals surface area contributed by atoms with Crippen LogP contribution in [0, 0.1) is 9.77 Å². The first-order valence-electron chi connectivity index (χ1n) is 11.5. The number of ether oxygens (including phenoxy) is 1. The number of fused-ring (bicyclic) bond motifs is 1. The predicted octanol–water partition coefficient (Wildman–Crippen LogP) is 7.13. The Labute approximate surface area is 235 Å². The highest BCUT2D eigenvalue weighted by atomic mass is 35.5. The van der Waals surface area contributed by atoms with Gasteiger partial charge in [0.2, 0.25) is 0 Å². The van der Waals surface area contributed by atoms with Crippen molar-refractivity contribution in [2.45, 2.75) is 12.1 Å². The summed E-state index contributed by atoms with van der Waals surface area (Å²) in [6.07, 6.45) is 0. The van der Waals surface area contributed by atoms with Crippen molar-refractivity contribution in [1.82, 2.24) is 14.1 Å². The third kappa shape index (κ3) is 5.04. The summed E-state index contributed by atoms with van der Waals surface area (Å²) in [6, 6.07) is 19.8. The van der Waals surface area contributed by atoms with Gasteiger partial charge in [0.1, 0.15) is 16.3 Å². The van der Waals surface area contributed by atoms with Gasteiger partial charge in [-0.1, -0.05) is 59.0 Å². The molecule has 0 unspecified atom stereocenters. The van der Waals surface area contributed by atoms with Gasteiger partial charge in [-0.05, 0) is 67.7 Å². The third-order valence-corrected chi connectivity index (χ3v) is 8.12. The predicted molar refractivity (Wildman–Crippen MR) is 153 cm³/mol. The fourth-order valence-corrected chi connectivity index (χ4v) is 6.17. The number of carbonyl (C=O) groups excluding carboxylic acids is 1. The van der Waals surface area contributed by atoms with Crippen LogP contribution in [0.4, 0.5) is 4.39 Å². The number of nitrogens with zero attached hydrogens (tertiary/aromatic N) is 3. The summed E-state index contributed by atoms with van der Waals surface area (Å²) in [5.41, 5.74) is 0.964. The first kappa shape index (κ1) is 26.3. The number of thioether (sulfide) groups is 1. The van der Waals surface area contributed by atoms with Gasteiger partial charge >= 0.3 is 0 Å². The summed E-state index contributed by atoms with van der Waals surface area (Å²) >= 11 is 13.7. The Balaban J connectivity index is 1.69. The topological polar surface area (TPSA) is 66.1 Å². The zero-order valence-electron chi connectivity index (χ0n) is 19.9. The minimum absolute atomic E-state index is 0.0333. The Morgan fingerprint density at radius 2 is 1.74 bits per heavy atom. The molecule has 0 N–H and O–H groups in total. The zero-order valence-corrected chi connectivity index (χ0v) is 23.1. The molecule has 0 saturated heterocycles. The Kier molecular flexibility index (Phi) is 7.75. The molecule has 3 aromatic carbocycles. The van der Waals surface area contributed by atoms with Crippen molar-refractivity contribution in [3.8, 4) is 17.1 Å². The van der Waals surface area contributed by atoms with Crippen LogP contribution in [-0.4, -0.2) is 32.3 Å². The number of hydrogen-bond donors (Lipinski definition) is 0. The number of para-hydroxylation sites is 3. The third-order valence-electron chi connectivity index (χ3n) is 5.57. The van der Waals surface area contributed by atoms with Crippen molar-refractivity contribution in [1.29, 1.82) is 0 Å². The molecule has 0 aliphatic rings. The van der Waals surface area contributed by atoms with E-state index in [0.29, 0.717) is 38.2 Å². The van der Waals surface area contributed by atoms with Gasteiger partial charge in [-0.2, -0.15) is 0 Å². The van der Waals surface area contributed by atoms with Gasteiger partial charge < -0.3 is 4.74 Å². The Bertz CT molecular complexity index is 1780. The van der Waals surface area contributed by atoms with E-state index in [-0.39, 0.29) is 27.1 Å². The summed E-state index contributed by atoms with van der Waals surface area (Å²) in [5.74, 6) is -0.233. The molecule has 192 valence electrons. The second-order valence-electron chi connectivity index (χ2n) is 7.96. The first-order valence-corrected chi connectivity index (χ1v) is 14.0. The summed E-state index contributed by atoms with van der Waals surface area (Å²) in [4.78, 5) is 31.5. The van der Waals surface area contributed by atoms with Crippen LogP contribution in [-0.2, 0) is 0 Å². The highest BCUT2D eigenvalue weighted by Crippen LogP contribution is 2.32. The van der Waals surface area contributed by atoms with Gasteiger partial charge in [-0.25, -0.2) is 9.37 Å². The number of halogens is 2. The van der Waals surface area contributed by atoms with Gasteiger partial charge in [0.15, 0.2) is 20.5 Å². The van der Waals surface area contributed by atoms with Gasteiger partial charge in [-0.15, -0.1) is 0 Å². The minimum atomic E-state index is -0.591. The molecule has 38 heavy (non-hydrogen) atoms. The number of benzene rings is 3. The van der Waals surface area contributed by atoms with E-state index in [9.17, 15) is 14.0 Å². The largest absolute Gasteiger partial charge is 0.492 e. The van der Waals surface area contributed by atoms with E-state index >= 15 is 0 Å². The van der Waals surface area contributed by atoms with Gasteiger partial charge in [0.25, 0.3) is 5.56 Å². The van der Waals surface area contributed by atoms with Crippen LogP contribution in [0.3, 0.4) is 0 Å². The van der Waals surface area contributed by atoms with E-state index in [1.54, 1.807) is 34.9 Å². The van der Waals surface area contributed by atoms with E-state index in [1.165, 1.54) is 22.8 Å². The maximum Gasteiger partial charge on any atom is 0.278 e. The molecule has 0 atom stereocenters. The molecule has 0 spiro atoms. The van der Waals surface area contributed by atoms with Crippen molar-refractivity contribution in [2.24, 2.45) is 0 Å². The lowest BCUT2D eigenvalue weighted by molar-refractivity contribution is 0.102. The van der Waals surface area contributed by atoms with Crippen molar-refractivity contribution < 1.29 is 13.9 Å². The number of thiazole rings is 1. The SMILES string of the molecule is CCOc1ccccc1-n1c(=S)sc2c(=O)n(-c3ccccc3F)c(SCC(=O)c3ccc(Cl)cc3)nc21. The second kappa shape index (κ2) is 11.2. The van der Waals surface area contributed by atoms with Gasteiger partial charge in [-0.3, -0.25) is 18.7 Å². The molecule has 0 aliphatic carbocycles. The van der Waals surface area contributed by atoms with Gasteiger partial charge in [0.05, 0.1) is 23.7 Å². The molecule has 5 aromatic rings. The van der Waals surface area contributed by atoms with Crippen LogP contribution in [0.25, 0.3) is 21.7 Å². The smallest absolute Gasteiger partial charge is 0.278 e. The lowest BCUT2D eigenvalue weighted by atomic mass is 10.1. The normalized spacial score (nSPS) is 11.1. The van der Waals surface area contributed by atoms with E-state index in [2.05, 4.69) is 0 Å². The van der Waals surface area contributed by atoms with Crippen molar-refractivity contribution in [3.05, 3.63) is 104 Å². The summed E-state index contributed by atoms with van der Waals surface area (Å²) in [7, 11) is 0. The average Bonchev–Trinajstić information content (AvgIpc) is 3.25.